The summed E-state index contributed by atoms with van der Waals surface area (Å²) in [4.78, 5) is 16.2. The van der Waals surface area contributed by atoms with Crippen molar-refractivity contribution >= 4 is 21.7 Å². The van der Waals surface area contributed by atoms with E-state index in [0.717, 1.165) is 21.1 Å². The van der Waals surface area contributed by atoms with Gasteiger partial charge in [0, 0.05) is 17.8 Å². The summed E-state index contributed by atoms with van der Waals surface area (Å²) in [6.07, 6.45) is 0.936. The van der Waals surface area contributed by atoms with Crippen molar-refractivity contribution in [2.75, 3.05) is 11.9 Å². The molecule has 202 valence electrons. The van der Waals surface area contributed by atoms with Crippen LogP contribution in [-0.4, -0.2) is 40.7 Å². The number of anilines is 1. The van der Waals surface area contributed by atoms with E-state index in [4.69, 9.17) is 9.15 Å². The number of oxazole rings is 1. The molecule has 3 aromatic carbocycles. The Balaban J connectivity index is 1.29. The van der Waals surface area contributed by atoms with Crippen LogP contribution < -0.4 is 10.1 Å². The number of benzene rings is 3. The highest BCUT2D eigenvalue weighted by Crippen LogP contribution is 2.29. The van der Waals surface area contributed by atoms with Crippen LogP contribution >= 0.6 is 0 Å². The first-order valence-electron chi connectivity index (χ1n) is 12.6. The normalized spacial score (nSPS) is 15.0. The van der Waals surface area contributed by atoms with Crippen molar-refractivity contribution in [2.45, 2.75) is 38.3 Å². The Morgan fingerprint density at radius 1 is 1.10 bits per heavy atom. The average molecular weight is 548 g/mol. The number of aromatic nitrogens is 1. The molecule has 0 saturated carbocycles. The van der Waals surface area contributed by atoms with Gasteiger partial charge in [-0.3, -0.25) is 4.79 Å². The van der Waals surface area contributed by atoms with Crippen molar-refractivity contribution in [2.24, 2.45) is 0 Å². The zero-order valence-corrected chi connectivity index (χ0v) is 22.2. The fourth-order valence-electron chi connectivity index (χ4n) is 4.56. The van der Waals surface area contributed by atoms with Crippen LogP contribution in [0.15, 0.2) is 83.3 Å². The first kappa shape index (κ1) is 26.5. The second kappa shape index (κ2) is 11.3. The highest BCUT2D eigenvalue weighted by molar-refractivity contribution is 7.89. The van der Waals surface area contributed by atoms with Crippen molar-refractivity contribution in [3.8, 4) is 17.2 Å². The highest BCUT2D eigenvalue weighted by Gasteiger charge is 2.35. The third-order valence-electron chi connectivity index (χ3n) is 6.59. The zero-order valence-electron chi connectivity index (χ0n) is 21.4. The molecule has 0 radical (unpaired) electrons. The molecule has 5 rings (SSSR count). The largest absolute Gasteiger partial charge is 0.487 e. The summed E-state index contributed by atoms with van der Waals surface area (Å²) in [6, 6.07) is 24.1. The van der Waals surface area contributed by atoms with Crippen LogP contribution in [0.1, 0.15) is 29.0 Å². The molecule has 1 atom stereocenters. The van der Waals surface area contributed by atoms with Crippen LogP contribution in [0, 0.1) is 6.92 Å². The van der Waals surface area contributed by atoms with Gasteiger partial charge < -0.3 is 19.6 Å². The molecule has 0 fully saturated rings. The summed E-state index contributed by atoms with van der Waals surface area (Å²) in [5.41, 5.74) is 3.91. The first-order valence-corrected chi connectivity index (χ1v) is 14.1. The van der Waals surface area contributed by atoms with Crippen LogP contribution in [-0.2, 0) is 34.4 Å². The molecule has 0 bridgehead atoms. The molecule has 10 heteroatoms. The van der Waals surface area contributed by atoms with Gasteiger partial charge in [0.1, 0.15) is 35.7 Å². The minimum atomic E-state index is -3.98. The van der Waals surface area contributed by atoms with E-state index < -0.39 is 27.9 Å². The average Bonchev–Trinajstić information content (AvgIpc) is 3.32. The van der Waals surface area contributed by atoms with Crippen LogP contribution in [0.25, 0.3) is 11.5 Å². The fraction of sp³-hybridized carbons (Fsp3) is 0.241. The summed E-state index contributed by atoms with van der Waals surface area (Å²) >= 11 is 0. The number of sulfonamides is 1. The van der Waals surface area contributed by atoms with E-state index in [2.05, 4.69) is 10.3 Å². The Hall–Kier alpha value is -4.15. The zero-order chi connectivity index (χ0) is 27.4. The van der Waals surface area contributed by atoms with Crippen molar-refractivity contribution in [1.82, 2.24) is 9.29 Å². The molecule has 0 spiro atoms. The van der Waals surface area contributed by atoms with Gasteiger partial charge in [0.25, 0.3) is 0 Å². The van der Waals surface area contributed by atoms with Gasteiger partial charge in [0.05, 0.1) is 0 Å². The molecule has 0 saturated heterocycles. The number of aliphatic carboxylic acids is 1. The topological polar surface area (TPSA) is 122 Å². The fourth-order valence-corrected chi connectivity index (χ4v) is 6.23. The summed E-state index contributed by atoms with van der Waals surface area (Å²) in [7, 11) is -3.98. The lowest BCUT2D eigenvalue weighted by Crippen LogP contribution is -2.45. The lowest BCUT2D eigenvalue weighted by atomic mass is 10.0. The van der Waals surface area contributed by atoms with E-state index in [9.17, 15) is 18.3 Å². The number of aryl methyl sites for hydroxylation is 2. The Labute approximate surface area is 227 Å². The van der Waals surface area contributed by atoms with Crippen LogP contribution in [0.5, 0.6) is 5.75 Å². The van der Waals surface area contributed by atoms with Crippen LogP contribution in [0.3, 0.4) is 0 Å². The molecule has 1 unspecified atom stereocenters. The Kier molecular flexibility index (Phi) is 7.67. The van der Waals surface area contributed by atoms with Gasteiger partial charge in [-0.1, -0.05) is 48.5 Å². The number of nitrogens with one attached hydrogen (secondary N) is 1. The monoisotopic (exact) mass is 547 g/mol. The predicted molar refractivity (Wildman–Crippen MR) is 147 cm³/mol. The lowest BCUT2D eigenvalue weighted by molar-refractivity contribution is -0.137. The van der Waals surface area contributed by atoms with Gasteiger partial charge >= 0.3 is 5.97 Å². The Bertz CT molecular complexity index is 1570. The van der Waals surface area contributed by atoms with E-state index in [1.807, 2.05) is 61.5 Å². The van der Waals surface area contributed by atoms with Crippen molar-refractivity contribution in [3.63, 3.8) is 0 Å². The third-order valence-corrected chi connectivity index (χ3v) is 8.64. The number of ether oxygens (including phenoxy) is 1. The number of hydrogen-bond acceptors (Lipinski definition) is 7. The molecule has 1 aliphatic heterocycles. The molecule has 4 aromatic rings. The van der Waals surface area contributed by atoms with Gasteiger partial charge in [0.2, 0.25) is 15.9 Å². The number of carboxylic acid groups (broad SMARTS) is 1. The molecule has 2 heterocycles. The molecule has 39 heavy (non-hydrogen) atoms. The number of fused-ring (bicyclic) bond motifs is 1. The second-order valence-electron chi connectivity index (χ2n) is 9.36. The maximum atomic E-state index is 13.5. The maximum absolute atomic E-state index is 13.5. The molecule has 0 amide bonds. The molecule has 0 aliphatic carbocycles. The summed E-state index contributed by atoms with van der Waals surface area (Å²) in [5.74, 6) is 0.436. The molecule has 2 N–H and O–H groups in total. The number of rotatable bonds is 10. The van der Waals surface area contributed by atoms with E-state index in [1.165, 1.54) is 0 Å². The third kappa shape index (κ3) is 6.13. The standard InChI is InChI=1S/C29H29N3O6S/c1-20-26(31-29(38-20)23-10-3-2-4-11-23)19-37-24-12-7-8-21(16-24)17-32(18-28(33)34)39(35,36)27-15-14-22-9-5-6-13-25(22)30-27/h2-13,16,27,30H,14-15,17-19H2,1H3,(H,33,34). The molecule has 1 aliphatic rings. The SMILES string of the molecule is Cc1oc(-c2ccccc2)nc1COc1cccc(CN(CC(=O)O)S(=O)(=O)C2CCc3ccccc3N2)c1. The Morgan fingerprint density at radius 2 is 1.87 bits per heavy atom. The second-order valence-corrected chi connectivity index (χ2v) is 11.5. The number of carbonyl (C=O) groups is 1. The summed E-state index contributed by atoms with van der Waals surface area (Å²) in [5, 5.41) is 11.7. The molecular weight excluding hydrogens is 518 g/mol. The van der Waals surface area contributed by atoms with Gasteiger partial charge in [-0.25, -0.2) is 13.4 Å². The minimum Gasteiger partial charge on any atom is -0.487 e. The van der Waals surface area contributed by atoms with Gasteiger partial charge in [-0.15, -0.1) is 0 Å². The van der Waals surface area contributed by atoms with E-state index in [1.54, 1.807) is 24.3 Å². The summed E-state index contributed by atoms with van der Waals surface area (Å²) < 4.78 is 39.8. The van der Waals surface area contributed by atoms with E-state index in [-0.39, 0.29) is 13.2 Å². The minimum absolute atomic E-state index is 0.104. The first-order chi connectivity index (χ1) is 18.8. The van der Waals surface area contributed by atoms with Crippen LogP contribution in [0.4, 0.5) is 5.69 Å². The van der Waals surface area contributed by atoms with Crippen molar-refractivity contribution in [1.29, 1.82) is 0 Å². The van der Waals surface area contributed by atoms with E-state index in [0.29, 0.717) is 41.5 Å². The summed E-state index contributed by atoms with van der Waals surface area (Å²) in [6.45, 7) is 1.23. The van der Waals surface area contributed by atoms with Crippen LogP contribution in [0.2, 0.25) is 0 Å². The predicted octanol–water partition coefficient (Wildman–Crippen LogP) is 4.83. The van der Waals surface area contributed by atoms with Crippen molar-refractivity contribution in [3.05, 3.63) is 101 Å². The van der Waals surface area contributed by atoms with Gasteiger partial charge in [-0.05, 0) is 61.2 Å². The molecular formula is C29H29N3O6S. The number of nitrogens with zero attached hydrogens (tertiary/aromatic N) is 2. The quantitative estimate of drug-likeness (QED) is 0.290. The molecule has 1 aromatic heterocycles. The molecule has 9 nitrogen and oxygen atoms in total. The van der Waals surface area contributed by atoms with Gasteiger partial charge in [0.15, 0.2) is 0 Å². The van der Waals surface area contributed by atoms with E-state index >= 15 is 0 Å². The van der Waals surface area contributed by atoms with Crippen molar-refractivity contribution < 1.29 is 27.5 Å². The number of para-hydroxylation sites is 1. The smallest absolute Gasteiger partial charge is 0.318 e. The van der Waals surface area contributed by atoms with Gasteiger partial charge in [-0.2, -0.15) is 4.31 Å². The maximum Gasteiger partial charge on any atom is 0.318 e. The lowest BCUT2D eigenvalue weighted by Gasteiger charge is -2.31. The Morgan fingerprint density at radius 3 is 2.67 bits per heavy atom. The number of carboxylic acids is 1. The highest BCUT2D eigenvalue weighted by atomic mass is 32.2. The number of hydrogen-bond donors (Lipinski definition) is 2.